The summed E-state index contributed by atoms with van der Waals surface area (Å²) in [5.74, 6) is 0.609. The molecule has 0 saturated heterocycles. The van der Waals surface area contributed by atoms with Crippen LogP contribution >= 0.6 is 0 Å². The molecule has 61 heavy (non-hydrogen) atoms. The fourth-order valence-corrected chi connectivity index (χ4v) is 9.31. The van der Waals surface area contributed by atoms with Gasteiger partial charge >= 0.3 is 0 Å². The summed E-state index contributed by atoms with van der Waals surface area (Å²) in [6, 6.07) is 70.2. The lowest BCUT2D eigenvalue weighted by molar-refractivity contribution is 0.662. The third kappa shape index (κ3) is 5.21. The lowest BCUT2D eigenvalue weighted by Crippen LogP contribution is -1.97. The van der Waals surface area contributed by atoms with Crippen LogP contribution in [0, 0.1) is 0 Å². The molecule has 13 aromatic rings. The van der Waals surface area contributed by atoms with Crippen LogP contribution in [-0.2, 0) is 0 Å². The maximum absolute atomic E-state index is 6.97. The van der Waals surface area contributed by atoms with Crippen molar-refractivity contribution in [3.63, 3.8) is 0 Å². The molecule has 5 heteroatoms. The zero-order valence-corrected chi connectivity index (χ0v) is 32.7. The molecule has 0 bridgehead atoms. The molecule has 0 aliphatic carbocycles. The van der Waals surface area contributed by atoms with Crippen LogP contribution in [0.5, 0.6) is 0 Å². The van der Waals surface area contributed by atoms with Gasteiger partial charge in [-0.05, 0) is 81.6 Å². The standard InChI is InChI=1S/C56H33N3O2/c1-3-13-34(14-4-1)36-23-25-37(26-24-36)56-57-52(55-53(58-56)45-32-40(27-30-50(45)61-55)35-15-5-2-6-16-35)43-28-29-47(51-42-20-10-12-22-49(42)60-54(43)51)59-46-21-11-9-19-41(46)44-31-38-17-7-8-18-39(38)33-48(44)59/h1-33H. The van der Waals surface area contributed by atoms with E-state index >= 15 is 0 Å². The van der Waals surface area contributed by atoms with E-state index in [0.717, 1.165) is 88.5 Å². The zero-order chi connectivity index (χ0) is 40.0. The summed E-state index contributed by atoms with van der Waals surface area (Å²) in [6.07, 6.45) is 0. The average molecular weight is 780 g/mol. The monoisotopic (exact) mass is 779 g/mol. The molecule has 0 amide bonds. The summed E-state index contributed by atoms with van der Waals surface area (Å²) in [7, 11) is 0. The van der Waals surface area contributed by atoms with Gasteiger partial charge in [-0.15, -0.1) is 0 Å². The Hall–Kier alpha value is -8.28. The predicted octanol–water partition coefficient (Wildman–Crippen LogP) is 15.2. The molecular formula is C56H33N3O2. The molecule has 5 nitrogen and oxygen atoms in total. The van der Waals surface area contributed by atoms with Gasteiger partial charge in [0.05, 0.1) is 22.1 Å². The Bertz CT molecular complexity index is 3860. The number of hydrogen-bond acceptors (Lipinski definition) is 4. The fraction of sp³-hybridized carbons (Fsp3) is 0. The summed E-state index contributed by atoms with van der Waals surface area (Å²) in [4.78, 5) is 10.7. The molecule has 4 aromatic heterocycles. The summed E-state index contributed by atoms with van der Waals surface area (Å²) in [5, 5.41) is 7.77. The molecule has 9 aromatic carbocycles. The lowest BCUT2D eigenvalue weighted by atomic mass is 10.0. The van der Waals surface area contributed by atoms with E-state index in [9.17, 15) is 0 Å². The zero-order valence-electron chi connectivity index (χ0n) is 32.7. The van der Waals surface area contributed by atoms with Gasteiger partial charge < -0.3 is 13.4 Å². The maximum Gasteiger partial charge on any atom is 0.180 e. The van der Waals surface area contributed by atoms with Crippen LogP contribution in [0.15, 0.2) is 209 Å². The highest BCUT2D eigenvalue weighted by Crippen LogP contribution is 2.45. The van der Waals surface area contributed by atoms with Gasteiger partial charge in [0, 0.05) is 32.7 Å². The topological polar surface area (TPSA) is 57.0 Å². The first kappa shape index (κ1) is 33.7. The second-order valence-electron chi connectivity index (χ2n) is 15.7. The van der Waals surface area contributed by atoms with Gasteiger partial charge in [0.25, 0.3) is 0 Å². The van der Waals surface area contributed by atoms with E-state index < -0.39 is 0 Å². The lowest BCUT2D eigenvalue weighted by Gasteiger charge is -2.13. The highest BCUT2D eigenvalue weighted by Gasteiger charge is 2.25. The minimum atomic E-state index is 0.609. The van der Waals surface area contributed by atoms with Crippen molar-refractivity contribution in [2.24, 2.45) is 0 Å². The number of fused-ring (bicyclic) bond motifs is 10. The van der Waals surface area contributed by atoms with Crippen molar-refractivity contribution in [2.45, 2.75) is 0 Å². The third-order valence-corrected chi connectivity index (χ3v) is 12.2. The van der Waals surface area contributed by atoms with Gasteiger partial charge in [0.2, 0.25) is 0 Å². The Kier molecular flexibility index (Phi) is 7.24. The molecule has 0 spiro atoms. The summed E-state index contributed by atoms with van der Waals surface area (Å²) in [6.45, 7) is 0. The van der Waals surface area contributed by atoms with Crippen LogP contribution in [0.1, 0.15) is 0 Å². The molecule has 0 radical (unpaired) electrons. The van der Waals surface area contributed by atoms with E-state index in [4.69, 9.17) is 18.8 Å². The minimum Gasteiger partial charge on any atom is -0.455 e. The van der Waals surface area contributed by atoms with Gasteiger partial charge in [0.1, 0.15) is 28.0 Å². The van der Waals surface area contributed by atoms with E-state index in [1.807, 2.05) is 30.3 Å². The molecule has 0 aliphatic heterocycles. The van der Waals surface area contributed by atoms with Gasteiger partial charge in [0.15, 0.2) is 11.4 Å². The highest BCUT2D eigenvalue weighted by atomic mass is 16.3. The van der Waals surface area contributed by atoms with Crippen LogP contribution in [0.4, 0.5) is 0 Å². The molecule has 0 unspecified atom stereocenters. The van der Waals surface area contributed by atoms with Crippen molar-refractivity contribution >= 4 is 76.6 Å². The van der Waals surface area contributed by atoms with Crippen molar-refractivity contribution in [1.82, 2.24) is 14.5 Å². The summed E-state index contributed by atoms with van der Waals surface area (Å²) in [5.41, 5.74) is 13.9. The van der Waals surface area contributed by atoms with E-state index in [0.29, 0.717) is 17.1 Å². The van der Waals surface area contributed by atoms with Gasteiger partial charge in [-0.2, -0.15) is 0 Å². The Morgan fingerprint density at radius 2 is 0.984 bits per heavy atom. The number of nitrogens with zero attached hydrogens (tertiary/aromatic N) is 3. The Balaban J connectivity index is 1.10. The number of aromatic nitrogens is 3. The summed E-state index contributed by atoms with van der Waals surface area (Å²) >= 11 is 0. The Labute approximate surface area is 349 Å². The van der Waals surface area contributed by atoms with E-state index in [2.05, 4.69) is 174 Å². The van der Waals surface area contributed by atoms with Crippen molar-refractivity contribution in [1.29, 1.82) is 0 Å². The second kappa shape index (κ2) is 13.1. The molecule has 4 heterocycles. The number of hydrogen-bond donors (Lipinski definition) is 0. The molecule has 0 N–H and O–H groups in total. The SMILES string of the molecule is c1ccc(-c2ccc(-c3nc(-c4ccc(-n5c6ccccc6c6cc7ccccc7cc65)c5c4oc4ccccc45)c4oc5ccc(-c6ccccc6)cc5c4n3)cc2)cc1. The number of furan rings is 2. The van der Waals surface area contributed by atoms with Crippen LogP contribution < -0.4 is 0 Å². The molecule has 0 aliphatic rings. The molecule has 13 rings (SSSR count). The van der Waals surface area contributed by atoms with Crippen molar-refractivity contribution in [2.75, 3.05) is 0 Å². The molecular weight excluding hydrogens is 747 g/mol. The molecule has 284 valence electrons. The Morgan fingerprint density at radius 1 is 0.377 bits per heavy atom. The highest BCUT2D eigenvalue weighted by molar-refractivity contribution is 6.19. The third-order valence-electron chi connectivity index (χ3n) is 12.2. The number of benzene rings is 9. The van der Waals surface area contributed by atoms with Gasteiger partial charge in [-0.3, -0.25) is 0 Å². The number of para-hydroxylation sites is 2. The largest absolute Gasteiger partial charge is 0.455 e. The van der Waals surface area contributed by atoms with E-state index in [-0.39, 0.29) is 0 Å². The minimum absolute atomic E-state index is 0.609. The average Bonchev–Trinajstić information content (AvgIpc) is 4.01. The number of rotatable bonds is 5. The predicted molar refractivity (Wildman–Crippen MR) is 250 cm³/mol. The van der Waals surface area contributed by atoms with Crippen LogP contribution in [-0.4, -0.2) is 14.5 Å². The fourth-order valence-electron chi connectivity index (χ4n) is 9.31. The van der Waals surface area contributed by atoms with E-state index in [1.54, 1.807) is 0 Å². The maximum atomic E-state index is 6.97. The van der Waals surface area contributed by atoms with Crippen LogP contribution in [0.25, 0.3) is 127 Å². The Morgan fingerprint density at radius 3 is 1.79 bits per heavy atom. The van der Waals surface area contributed by atoms with Crippen LogP contribution in [0.2, 0.25) is 0 Å². The van der Waals surface area contributed by atoms with Gasteiger partial charge in [-0.1, -0.05) is 152 Å². The van der Waals surface area contributed by atoms with Crippen molar-refractivity contribution in [3.8, 4) is 50.6 Å². The second-order valence-corrected chi connectivity index (χ2v) is 15.7. The van der Waals surface area contributed by atoms with E-state index in [1.165, 1.54) is 21.5 Å². The molecule has 0 atom stereocenters. The first-order valence-electron chi connectivity index (χ1n) is 20.6. The quantitative estimate of drug-likeness (QED) is 0.175. The smallest absolute Gasteiger partial charge is 0.180 e. The first-order valence-corrected chi connectivity index (χ1v) is 20.6. The van der Waals surface area contributed by atoms with Crippen molar-refractivity contribution in [3.05, 3.63) is 200 Å². The summed E-state index contributed by atoms with van der Waals surface area (Å²) < 4.78 is 16.2. The normalized spacial score (nSPS) is 11.9. The molecule has 0 saturated carbocycles. The van der Waals surface area contributed by atoms with Crippen LogP contribution in [0.3, 0.4) is 0 Å². The van der Waals surface area contributed by atoms with Crippen molar-refractivity contribution < 1.29 is 8.83 Å². The van der Waals surface area contributed by atoms with Gasteiger partial charge in [-0.25, -0.2) is 9.97 Å². The first-order chi connectivity index (χ1) is 30.2. The molecule has 0 fully saturated rings.